The molecule has 0 unspecified atom stereocenters. The molecule has 1 saturated heterocycles. The van der Waals surface area contributed by atoms with Crippen LogP contribution in [-0.2, 0) is 0 Å². The third-order valence-corrected chi connectivity index (χ3v) is 5.67. The van der Waals surface area contributed by atoms with E-state index in [0.717, 1.165) is 44.8 Å². The molecular formula is C23H32N4S. The van der Waals surface area contributed by atoms with Gasteiger partial charge in [-0.2, -0.15) is 0 Å². The van der Waals surface area contributed by atoms with Crippen LogP contribution in [-0.4, -0.2) is 54.7 Å². The molecule has 0 aromatic heterocycles. The molecule has 2 aromatic carbocycles. The molecule has 1 atom stereocenters. The number of hydrogen-bond acceptors (Lipinski definition) is 3. The molecule has 150 valence electrons. The van der Waals surface area contributed by atoms with Gasteiger partial charge in [0.1, 0.15) is 0 Å². The molecule has 1 aliphatic heterocycles. The summed E-state index contributed by atoms with van der Waals surface area (Å²) in [6, 6.07) is 17.7. The molecular weight excluding hydrogens is 364 g/mol. The zero-order chi connectivity index (χ0) is 19.9. The van der Waals surface area contributed by atoms with Crippen LogP contribution in [0, 0.1) is 13.8 Å². The highest BCUT2D eigenvalue weighted by atomic mass is 32.1. The van der Waals surface area contributed by atoms with Gasteiger partial charge in [-0.05, 0) is 62.3 Å². The molecule has 0 bridgehead atoms. The van der Waals surface area contributed by atoms with Gasteiger partial charge in [-0.15, -0.1) is 0 Å². The molecule has 5 heteroatoms. The van der Waals surface area contributed by atoms with E-state index in [4.69, 9.17) is 12.2 Å². The maximum absolute atomic E-state index is 5.48. The summed E-state index contributed by atoms with van der Waals surface area (Å²) in [4.78, 5) is 5.04. The first-order valence-electron chi connectivity index (χ1n) is 10.1. The van der Waals surface area contributed by atoms with Crippen LogP contribution >= 0.6 is 12.2 Å². The first-order chi connectivity index (χ1) is 13.5. The summed E-state index contributed by atoms with van der Waals surface area (Å²) in [7, 11) is 2.21. The average molecular weight is 397 g/mol. The molecule has 1 aliphatic rings. The van der Waals surface area contributed by atoms with Gasteiger partial charge in [0.25, 0.3) is 0 Å². The Balaban J connectivity index is 1.47. The Kier molecular flexibility index (Phi) is 7.43. The lowest BCUT2D eigenvalue weighted by Gasteiger charge is -2.40. The standard InChI is InChI=1S/C23H32N4S/c1-18-10-11-19(2)21(16-18)25-23(28)24-12-7-13-27-15-14-26(3)17-22(27)20-8-5-4-6-9-20/h4-6,8-11,16,22H,7,12-15,17H2,1-3H3,(H2,24,25,28)/t22-/m1/s1. The highest BCUT2D eigenvalue weighted by Crippen LogP contribution is 2.24. The Morgan fingerprint density at radius 1 is 1.11 bits per heavy atom. The molecule has 0 radical (unpaired) electrons. The minimum absolute atomic E-state index is 0.472. The van der Waals surface area contributed by atoms with Gasteiger partial charge in [0.05, 0.1) is 0 Å². The average Bonchev–Trinajstić information content (AvgIpc) is 2.69. The van der Waals surface area contributed by atoms with E-state index in [2.05, 4.69) is 89.9 Å². The van der Waals surface area contributed by atoms with Gasteiger partial charge in [-0.1, -0.05) is 42.5 Å². The van der Waals surface area contributed by atoms with Crippen molar-refractivity contribution in [2.75, 3.05) is 45.1 Å². The molecule has 2 aromatic rings. The Morgan fingerprint density at radius 2 is 1.89 bits per heavy atom. The van der Waals surface area contributed by atoms with Gasteiger partial charge in [0.15, 0.2) is 5.11 Å². The number of nitrogens with zero attached hydrogens (tertiary/aromatic N) is 2. The summed E-state index contributed by atoms with van der Waals surface area (Å²) in [5.74, 6) is 0. The first-order valence-corrected chi connectivity index (χ1v) is 10.5. The Morgan fingerprint density at radius 3 is 2.68 bits per heavy atom. The van der Waals surface area contributed by atoms with Crippen LogP contribution < -0.4 is 10.6 Å². The molecule has 0 amide bonds. The summed E-state index contributed by atoms with van der Waals surface area (Å²) in [6.45, 7) is 9.48. The quantitative estimate of drug-likeness (QED) is 0.570. The van der Waals surface area contributed by atoms with E-state index >= 15 is 0 Å². The summed E-state index contributed by atoms with van der Waals surface area (Å²) in [6.07, 6.45) is 1.07. The van der Waals surface area contributed by atoms with Crippen LogP contribution in [0.1, 0.15) is 29.2 Å². The second kappa shape index (κ2) is 10.0. The number of nitrogens with one attached hydrogen (secondary N) is 2. The van der Waals surface area contributed by atoms with Crippen molar-refractivity contribution in [3.05, 3.63) is 65.2 Å². The summed E-state index contributed by atoms with van der Waals surface area (Å²) < 4.78 is 0. The molecule has 1 heterocycles. The van der Waals surface area contributed by atoms with Gasteiger partial charge in [-0.25, -0.2) is 0 Å². The Labute approximate surface area is 174 Å². The van der Waals surface area contributed by atoms with Crippen LogP contribution in [0.5, 0.6) is 0 Å². The number of hydrogen-bond donors (Lipinski definition) is 2. The third kappa shape index (κ3) is 5.77. The zero-order valence-electron chi connectivity index (χ0n) is 17.2. The number of thiocarbonyl (C=S) groups is 1. The van der Waals surface area contributed by atoms with Crippen LogP contribution in [0.25, 0.3) is 0 Å². The van der Waals surface area contributed by atoms with Crippen LogP contribution in [0.15, 0.2) is 48.5 Å². The Bertz CT molecular complexity index is 777. The van der Waals surface area contributed by atoms with Gasteiger partial charge >= 0.3 is 0 Å². The van der Waals surface area contributed by atoms with Crippen molar-refractivity contribution < 1.29 is 0 Å². The first kappa shape index (κ1) is 20.8. The fourth-order valence-corrected chi connectivity index (χ4v) is 3.95. The molecule has 0 saturated carbocycles. The van der Waals surface area contributed by atoms with Crippen molar-refractivity contribution in [2.24, 2.45) is 0 Å². The van der Waals surface area contributed by atoms with Gasteiger partial charge < -0.3 is 15.5 Å². The number of likely N-dealkylation sites (N-methyl/N-ethyl adjacent to an activating group) is 1. The lowest BCUT2D eigenvalue weighted by Crippen LogP contribution is -2.47. The van der Waals surface area contributed by atoms with E-state index < -0.39 is 0 Å². The van der Waals surface area contributed by atoms with Crippen molar-refractivity contribution in [1.82, 2.24) is 15.1 Å². The topological polar surface area (TPSA) is 30.5 Å². The number of aryl methyl sites for hydroxylation is 2. The third-order valence-electron chi connectivity index (χ3n) is 5.43. The maximum atomic E-state index is 5.48. The van der Waals surface area contributed by atoms with Crippen LogP contribution in [0.4, 0.5) is 5.69 Å². The van der Waals surface area contributed by atoms with Crippen molar-refractivity contribution in [3.8, 4) is 0 Å². The van der Waals surface area contributed by atoms with Crippen molar-refractivity contribution >= 4 is 23.0 Å². The van der Waals surface area contributed by atoms with E-state index in [-0.39, 0.29) is 0 Å². The maximum Gasteiger partial charge on any atom is 0.170 e. The van der Waals surface area contributed by atoms with Crippen LogP contribution in [0.3, 0.4) is 0 Å². The predicted molar refractivity (Wildman–Crippen MR) is 123 cm³/mol. The van der Waals surface area contributed by atoms with Gasteiger partial charge in [-0.3, -0.25) is 4.90 Å². The molecule has 3 rings (SSSR count). The normalized spacial score (nSPS) is 18.0. The van der Waals surface area contributed by atoms with E-state index in [1.165, 1.54) is 16.7 Å². The van der Waals surface area contributed by atoms with E-state index in [9.17, 15) is 0 Å². The summed E-state index contributed by atoms with van der Waals surface area (Å²) in [5.41, 5.74) is 4.94. The molecule has 0 aliphatic carbocycles. The summed E-state index contributed by atoms with van der Waals surface area (Å²) in [5, 5.41) is 7.39. The Hall–Kier alpha value is -1.95. The SMILES string of the molecule is Cc1ccc(C)c(NC(=S)NCCCN2CCN(C)C[C@@H]2c2ccccc2)c1. The second-order valence-electron chi connectivity index (χ2n) is 7.78. The zero-order valence-corrected chi connectivity index (χ0v) is 18.1. The minimum Gasteiger partial charge on any atom is -0.362 e. The monoisotopic (exact) mass is 396 g/mol. The smallest absolute Gasteiger partial charge is 0.170 e. The van der Waals surface area contributed by atoms with Gasteiger partial charge in [0.2, 0.25) is 0 Å². The fourth-order valence-electron chi connectivity index (χ4n) is 3.74. The molecule has 2 N–H and O–H groups in total. The lowest BCUT2D eigenvalue weighted by molar-refractivity contribution is 0.0891. The van der Waals surface area contributed by atoms with E-state index in [1.54, 1.807) is 0 Å². The van der Waals surface area contributed by atoms with Crippen LogP contribution in [0.2, 0.25) is 0 Å². The molecule has 4 nitrogen and oxygen atoms in total. The number of rotatable bonds is 6. The van der Waals surface area contributed by atoms with Crippen molar-refractivity contribution in [3.63, 3.8) is 0 Å². The van der Waals surface area contributed by atoms with E-state index in [0.29, 0.717) is 11.2 Å². The number of piperazine rings is 1. The highest BCUT2D eigenvalue weighted by Gasteiger charge is 2.25. The van der Waals surface area contributed by atoms with Gasteiger partial charge in [0, 0.05) is 44.5 Å². The molecule has 1 fully saturated rings. The van der Waals surface area contributed by atoms with Crippen molar-refractivity contribution in [1.29, 1.82) is 0 Å². The number of benzene rings is 2. The molecule has 28 heavy (non-hydrogen) atoms. The van der Waals surface area contributed by atoms with E-state index in [1.807, 2.05) is 0 Å². The highest BCUT2D eigenvalue weighted by molar-refractivity contribution is 7.80. The molecule has 0 spiro atoms. The second-order valence-corrected chi connectivity index (χ2v) is 8.19. The van der Waals surface area contributed by atoms with Crippen molar-refractivity contribution in [2.45, 2.75) is 26.3 Å². The summed E-state index contributed by atoms with van der Waals surface area (Å²) >= 11 is 5.48. The fraction of sp³-hybridized carbons (Fsp3) is 0.435. The lowest BCUT2D eigenvalue weighted by atomic mass is 10.0. The number of anilines is 1. The largest absolute Gasteiger partial charge is 0.362 e. The minimum atomic E-state index is 0.472. The predicted octanol–water partition coefficient (Wildman–Crippen LogP) is 3.97.